The van der Waals surface area contributed by atoms with E-state index in [9.17, 15) is 19.7 Å². The van der Waals surface area contributed by atoms with Crippen LogP contribution in [-0.2, 0) is 9.59 Å². The highest BCUT2D eigenvalue weighted by Crippen LogP contribution is 2.52. The van der Waals surface area contributed by atoms with Gasteiger partial charge in [0.25, 0.3) is 11.8 Å². The van der Waals surface area contributed by atoms with E-state index in [1.54, 1.807) is 6.07 Å². The highest BCUT2D eigenvalue weighted by molar-refractivity contribution is 7.16. The van der Waals surface area contributed by atoms with E-state index in [0.717, 1.165) is 22.8 Å². The number of thiophene rings is 1. The standard InChI is InChI=1S/C14H11N3O4S/c18-13-11-7-1-2-8(5-7)12(11)14(19)16(13)15-6-9-3-4-10(22-9)17(20)21/h1-4,6-8,11-12H,5H2/b15-6-/t7-,8-,11+,12+/m0/s1. The van der Waals surface area contributed by atoms with E-state index in [0.29, 0.717) is 4.88 Å². The number of hydrogen-bond acceptors (Lipinski definition) is 6. The Balaban J connectivity index is 1.56. The van der Waals surface area contributed by atoms with E-state index >= 15 is 0 Å². The maximum atomic E-state index is 12.4. The van der Waals surface area contributed by atoms with Crippen LogP contribution in [0.2, 0.25) is 0 Å². The van der Waals surface area contributed by atoms with Crippen molar-refractivity contribution in [1.82, 2.24) is 5.01 Å². The van der Waals surface area contributed by atoms with Gasteiger partial charge in [-0.05, 0) is 24.3 Å². The van der Waals surface area contributed by atoms with Crippen molar-refractivity contribution in [3.8, 4) is 0 Å². The maximum absolute atomic E-state index is 12.4. The quantitative estimate of drug-likeness (QED) is 0.279. The molecule has 0 radical (unpaired) electrons. The lowest BCUT2D eigenvalue weighted by Gasteiger charge is -2.13. The summed E-state index contributed by atoms with van der Waals surface area (Å²) in [7, 11) is 0. The smallest absolute Gasteiger partial charge is 0.272 e. The fourth-order valence-electron chi connectivity index (χ4n) is 3.62. The van der Waals surface area contributed by atoms with E-state index in [4.69, 9.17) is 0 Å². The molecule has 2 heterocycles. The second-order valence-corrected chi connectivity index (χ2v) is 6.76. The van der Waals surface area contributed by atoms with Crippen molar-refractivity contribution in [3.05, 3.63) is 39.3 Å². The van der Waals surface area contributed by atoms with Crippen molar-refractivity contribution in [2.75, 3.05) is 0 Å². The molecule has 8 heteroatoms. The first-order chi connectivity index (χ1) is 10.6. The SMILES string of the molecule is O=C1[C@H]2[C@H](C(=O)N1/N=C\c1ccc([N+](=O)[O-])s1)[C@H]1C=C[C@H]2C1. The van der Waals surface area contributed by atoms with Crippen molar-refractivity contribution < 1.29 is 14.5 Å². The van der Waals surface area contributed by atoms with Gasteiger partial charge in [-0.3, -0.25) is 19.7 Å². The van der Waals surface area contributed by atoms with Gasteiger partial charge in [0.05, 0.1) is 27.9 Å². The second-order valence-electron chi connectivity index (χ2n) is 5.67. The van der Waals surface area contributed by atoms with E-state index in [2.05, 4.69) is 5.10 Å². The van der Waals surface area contributed by atoms with Crippen molar-refractivity contribution in [3.63, 3.8) is 0 Å². The second kappa shape index (κ2) is 4.57. The molecule has 2 fully saturated rings. The summed E-state index contributed by atoms with van der Waals surface area (Å²) in [5.74, 6) is -0.776. The Bertz CT molecular complexity index is 723. The zero-order valence-corrected chi connectivity index (χ0v) is 12.1. The third kappa shape index (κ3) is 1.77. The molecule has 1 aromatic rings. The summed E-state index contributed by atoms with van der Waals surface area (Å²) in [6, 6.07) is 2.92. The molecular formula is C14H11N3O4S. The largest absolute Gasteiger partial charge is 0.324 e. The molecule has 22 heavy (non-hydrogen) atoms. The van der Waals surface area contributed by atoms with E-state index < -0.39 is 4.92 Å². The average molecular weight is 317 g/mol. The maximum Gasteiger partial charge on any atom is 0.324 e. The number of hydrazone groups is 1. The number of carbonyl (C=O) groups excluding carboxylic acids is 2. The Morgan fingerprint density at radius 3 is 2.41 bits per heavy atom. The Kier molecular flexibility index (Phi) is 2.77. The fourth-order valence-corrected chi connectivity index (χ4v) is 4.31. The van der Waals surface area contributed by atoms with Crippen LogP contribution in [0.5, 0.6) is 0 Å². The lowest BCUT2D eigenvalue weighted by Crippen LogP contribution is -2.28. The number of imide groups is 1. The minimum atomic E-state index is -0.484. The van der Waals surface area contributed by atoms with Gasteiger partial charge in [-0.15, -0.1) is 0 Å². The lowest BCUT2D eigenvalue weighted by atomic mass is 9.85. The number of rotatable bonds is 3. The predicted octanol–water partition coefficient (Wildman–Crippen LogP) is 1.80. The number of amides is 2. The summed E-state index contributed by atoms with van der Waals surface area (Å²) in [5, 5.41) is 15.6. The Morgan fingerprint density at radius 1 is 1.23 bits per heavy atom. The van der Waals surface area contributed by atoms with E-state index in [1.165, 1.54) is 12.3 Å². The molecule has 1 saturated heterocycles. The molecule has 0 unspecified atom stereocenters. The van der Waals surface area contributed by atoms with Crippen LogP contribution in [0.3, 0.4) is 0 Å². The van der Waals surface area contributed by atoms with Gasteiger partial charge in [0.2, 0.25) is 0 Å². The zero-order valence-electron chi connectivity index (χ0n) is 11.3. The van der Waals surface area contributed by atoms with Gasteiger partial charge in [-0.2, -0.15) is 10.1 Å². The van der Waals surface area contributed by atoms with Crippen molar-refractivity contribution in [2.45, 2.75) is 6.42 Å². The van der Waals surface area contributed by atoms with Gasteiger partial charge in [-0.25, -0.2) is 0 Å². The van der Waals surface area contributed by atoms with Crippen LogP contribution in [0.25, 0.3) is 0 Å². The van der Waals surface area contributed by atoms with Crippen molar-refractivity contribution in [1.29, 1.82) is 0 Å². The average Bonchev–Trinajstić information content (AvgIpc) is 3.23. The summed E-state index contributed by atoms with van der Waals surface area (Å²) < 4.78 is 0. The molecule has 112 valence electrons. The van der Waals surface area contributed by atoms with Crippen LogP contribution in [0.15, 0.2) is 29.4 Å². The Morgan fingerprint density at radius 2 is 1.86 bits per heavy atom. The summed E-state index contributed by atoms with van der Waals surface area (Å²) in [6.07, 6.45) is 6.26. The molecule has 4 rings (SSSR count). The first kappa shape index (κ1) is 13.3. The fraction of sp³-hybridized carbons (Fsp3) is 0.357. The summed E-state index contributed by atoms with van der Waals surface area (Å²) >= 11 is 0.952. The molecule has 1 aliphatic heterocycles. The van der Waals surface area contributed by atoms with E-state index in [-0.39, 0.29) is 40.5 Å². The van der Waals surface area contributed by atoms with Gasteiger partial charge in [0.1, 0.15) is 0 Å². The van der Waals surface area contributed by atoms with Gasteiger partial charge < -0.3 is 0 Å². The van der Waals surface area contributed by atoms with Crippen LogP contribution in [-0.4, -0.2) is 28.0 Å². The molecule has 1 saturated carbocycles. The van der Waals surface area contributed by atoms with Crippen molar-refractivity contribution in [2.24, 2.45) is 28.8 Å². The molecule has 0 aromatic carbocycles. The van der Waals surface area contributed by atoms with Crippen LogP contribution < -0.4 is 0 Å². The minimum Gasteiger partial charge on any atom is -0.272 e. The molecule has 0 spiro atoms. The molecule has 7 nitrogen and oxygen atoms in total. The summed E-state index contributed by atoms with van der Waals surface area (Å²) in [5.41, 5.74) is 0. The highest BCUT2D eigenvalue weighted by Gasteiger charge is 2.59. The summed E-state index contributed by atoms with van der Waals surface area (Å²) in [6.45, 7) is 0. The number of carbonyl (C=O) groups is 2. The van der Waals surface area contributed by atoms with Gasteiger partial charge in [-0.1, -0.05) is 23.5 Å². The minimum absolute atomic E-state index is 0.000334. The molecule has 0 N–H and O–H groups in total. The molecular weight excluding hydrogens is 306 g/mol. The molecule has 4 atom stereocenters. The molecule has 3 aliphatic rings. The Hall–Kier alpha value is -2.35. The third-order valence-corrected chi connectivity index (χ3v) is 5.51. The Labute approximate surface area is 129 Å². The number of nitro groups is 1. The van der Waals surface area contributed by atoms with Crippen LogP contribution in [0.1, 0.15) is 11.3 Å². The van der Waals surface area contributed by atoms with E-state index in [1.807, 2.05) is 12.2 Å². The number of allylic oxidation sites excluding steroid dienone is 2. The van der Waals surface area contributed by atoms with Crippen LogP contribution >= 0.6 is 11.3 Å². The molecule has 2 aliphatic carbocycles. The first-order valence-corrected chi connectivity index (χ1v) is 7.72. The number of hydrogen-bond donors (Lipinski definition) is 0. The van der Waals surface area contributed by atoms with Crippen LogP contribution in [0.4, 0.5) is 5.00 Å². The van der Waals surface area contributed by atoms with Gasteiger partial charge in [0, 0.05) is 6.07 Å². The number of fused-ring (bicyclic) bond motifs is 5. The summed E-state index contributed by atoms with van der Waals surface area (Å²) in [4.78, 5) is 35.4. The molecule has 2 amide bonds. The molecule has 2 bridgehead atoms. The van der Waals surface area contributed by atoms with Crippen molar-refractivity contribution >= 4 is 34.4 Å². The third-order valence-electron chi connectivity index (χ3n) is 4.54. The first-order valence-electron chi connectivity index (χ1n) is 6.90. The highest BCUT2D eigenvalue weighted by atomic mass is 32.1. The molecule has 1 aromatic heterocycles. The van der Waals surface area contributed by atoms with Gasteiger partial charge >= 0.3 is 5.00 Å². The predicted molar refractivity (Wildman–Crippen MR) is 78.1 cm³/mol. The van der Waals surface area contributed by atoms with Gasteiger partial charge in [0.15, 0.2) is 0 Å². The van der Waals surface area contributed by atoms with Crippen LogP contribution in [0, 0.1) is 33.8 Å². The number of nitrogens with zero attached hydrogens (tertiary/aromatic N) is 3. The lowest BCUT2D eigenvalue weighted by molar-refractivity contribution is -0.380. The monoisotopic (exact) mass is 317 g/mol. The topological polar surface area (TPSA) is 92.9 Å². The normalized spacial score (nSPS) is 32.5. The zero-order chi connectivity index (χ0) is 15.4.